The number of para-hydroxylation sites is 3. The van der Waals surface area contributed by atoms with Crippen LogP contribution in [0.3, 0.4) is 0 Å². The molecule has 138 valence electrons. The molecule has 0 unspecified atom stereocenters. The highest BCUT2D eigenvalue weighted by atomic mass is 16.3. The molecule has 4 nitrogen and oxygen atoms in total. The molecule has 0 aliphatic heterocycles. The lowest BCUT2D eigenvalue weighted by atomic mass is 10.1. The van der Waals surface area contributed by atoms with Gasteiger partial charge >= 0.3 is 0 Å². The fourth-order valence-electron chi connectivity index (χ4n) is 4.48. The van der Waals surface area contributed by atoms with Gasteiger partial charge in [0.15, 0.2) is 0 Å². The van der Waals surface area contributed by atoms with E-state index in [1.54, 1.807) is 18.2 Å². The molecule has 30 heavy (non-hydrogen) atoms. The third-order valence-electron chi connectivity index (χ3n) is 5.68. The van der Waals surface area contributed by atoms with E-state index in [1.807, 2.05) is 53.1 Å². The molecular formula is C26H13N3O. The number of nitriles is 2. The van der Waals surface area contributed by atoms with Gasteiger partial charge in [-0.3, -0.25) is 0 Å². The van der Waals surface area contributed by atoms with Crippen molar-refractivity contribution in [3.05, 3.63) is 90.0 Å². The summed E-state index contributed by atoms with van der Waals surface area (Å²) in [6.45, 7) is 0. The number of fused-ring (bicyclic) bond motifs is 7. The second kappa shape index (κ2) is 5.98. The summed E-state index contributed by atoms with van der Waals surface area (Å²) in [6, 6.07) is 29.8. The molecule has 0 spiro atoms. The van der Waals surface area contributed by atoms with Gasteiger partial charge < -0.3 is 8.98 Å². The van der Waals surface area contributed by atoms with Crippen molar-refractivity contribution in [2.24, 2.45) is 0 Å². The van der Waals surface area contributed by atoms with Crippen molar-refractivity contribution in [2.75, 3.05) is 0 Å². The zero-order chi connectivity index (χ0) is 20.2. The summed E-state index contributed by atoms with van der Waals surface area (Å²) in [4.78, 5) is 0. The van der Waals surface area contributed by atoms with Gasteiger partial charge in [-0.2, -0.15) is 10.5 Å². The van der Waals surface area contributed by atoms with Crippen LogP contribution in [0.15, 0.2) is 83.3 Å². The lowest BCUT2D eigenvalue weighted by Crippen LogP contribution is -2.00. The molecule has 6 rings (SSSR count). The Balaban J connectivity index is 1.92. The number of rotatable bonds is 1. The molecule has 0 saturated heterocycles. The summed E-state index contributed by atoms with van der Waals surface area (Å²) < 4.78 is 8.13. The Morgan fingerprint density at radius 1 is 0.600 bits per heavy atom. The minimum atomic E-state index is 0.467. The van der Waals surface area contributed by atoms with Gasteiger partial charge in [0.2, 0.25) is 0 Å². The molecule has 0 fully saturated rings. The number of hydrogen-bond acceptors (Lipinski definition) is 3. The average molecular weight is 383 g/mol. The van der Waals surface area contributed by atoms with Crippen molar-refractivity contribution in [1.82, 2.24) is 4.57 Å². The van der Waals surface area contributed by atoms with E-state index < -0.39 is 0 Å². The highest BCUT2D eigenvalue weighted by molar-refractivity contribution is 6.27. The second-order valence-electron chi connectivity index (χ2n) is 7.21. The van der Waals surface area contributed by atoms with Crippen LogP contribution in [-0.2, 0) is 0 Å². The minimum Gasteiger partial charge on any atom is -0.456 e. The lowest BCUT2D eigenvalue weighted by molar-refractivity contribution is 0.669. The summed E-state index contributed by atoms with van der Waals surface area (Å²) in [7, 11) is 0. The van der Waals surface area contributed by atoms with Crippen LogP contribution in [0.1, 0.15) is 11.1 Å². The van der Waals surface area contributed by atoms with E-state index in [4.69, 9.17) is 4.42 Å². The van der Waals surface area contributed by atoms with E-state index in [9.17, 15) is 10.5 Å². The first kappa shape index (κ1) is 16.4. The second-order valence-corrected chi connectivity index (χ2v) is 7.21. The zero-order valence-corrected chi connectivity index (χ0v) is 15.8. The third kappa shape index (κ3) is 2.02. The predicted octanol–water partition coefficient (Wildman–Crippen LogP) is 6.43. The minimum absolute atomic E-state index is 0.467. The summed E-state index contributed by atoms with van der Waals surface area (Å²) in [5.74, 6) is 0. The number of hydrogen-bond donors (Lipinski definition) is 0. The molecule has 2 aromatic heterocycles. The van der Waals surface area contributed by atoms with Gasteiger partial charge in [0, 0.05) is 21.5 Å². The summed E-state index contributed by atoms with van der Waals surface area (Å²) in [5.41, 5.74) is 5.09. The number of benzene rings is 4. The Hall–Kier alpha value is -4.54. The van der Waals surface area contributed by atoms with Crippen LogP contribution < -0.4 is 0 Å². The van der Waals surface area contributed by atoms with E-state index in [1.165, 1.54) is 0 Å². The molecule has 0 N–H and O–H groups in total. The number of furan rings is 1. The number of nitrogens with zero attached hydrogens (tertiary/aromatic N) is 3. The molecule has 6 aromatic rings. The molecule has 2 heterocycles. The van der Waals surface area contributed by atoms with Gasteiger partial charge in [0.25, 0.3) is 0 Å². The van der Waals surface area contributed by atoms with Crippen LogP contribution in [0.25, 0.3) is 49.4 Å². The standard InChI is InChI=1S/C26H13N3O/c27-14-16-6-5-7-17(15-28)26(16)29-20-10-3-1-8-18(20)24-21(29)12-13-23-25(24)19-9-2-4-11-22(19)30-23/h1-13H. The third-order valence-corrected chi connectivity index (χ3v) is 5.68. The van der Waals surface area contributed by atoms with Gasteiger partial charge in [0.05, 0.1) is 27.8 Å². The molecule has 0 atom stereocenters. The number of aromatic nitrogens is 1. The summed E-state index contributed by atoms with van der Waals surface area (Å²) in [6.07, 6.45) is 0. The summed E-state index contributed by atoms with van der Waals surface area (Å²) >= 11 is 0. The molecule has 0 aliphatic carbocycles. The van der Waals surface area contributed by atoms with Crippen molar-refractivity contribution >= 4 is 43.7 Å². The Kier molecular flexibility index (Phi) is 3.27. The van der Waals surface area contributed by atoms with Gasteiger partial charge in [-0.15, -0.1) is 0 Å². The first-order valence-corrected chi connectivity index (χ1v) is 9.59. The lowest BCUT2D eigenvalue weighted by Gasteiger charge is -2.11. The largest absolute Gasteiger partial charge is 0.456 e. The highest BCUT2D eigenvalue weighted by Crippen LogP contribution is 2.41. The van der Waals surface area contributed by atoms with Crippen molar-refractivity contribution < 1.29 is 4.42 Å². The van der Waals surface area contributed by atoms with Crippen LogP contribution >= 0.6 is 0 Å². The van der Waals surface area contributed by atoms with Crippen LogP contribution in [0.5, 0.6) is 0 Å². The zero-order valence-electron chi connectivity index (χ0n) is 15.8. The molecular weight excluding hydrogens is 370 g/mol. The van der Waals surface area contributed by atoms with Crippen molar-refractivity contribution in [3.63, 3.8) is 0 Å². The first-order chi connectivity index (χ1) is 14.8. The predicted molar refractivity (Wildman–Crippen MR) is 117 cm³/mol. The van der Waals surface area contributed by atoms with E-state index in [-0.39, 0.29) is 0 Å². The Labute approximate surface area is 171 Å². The molecule has 0 aliphatic rings. The van der Waals surface area contributed by atoms with Crippen LogP contribution in [0.4, 0.5) is 0 Å². The van der Waals surface area contributed by atoms with Gasteiger partial charge in [-0.05, 0) is 36.4 Å². The van der Waals surface area contributed by atoms with Gasteiger partial charge in [0.1, 0.15) is 23.3 Å². The maximum absolute atomic E-state index is 9.77. The molecule has 4 aromatic carbocycles. The van der Waals surface area contributed by atoms with Crippen LogP contribution in [0, 0.1) is 22.7 Å². The maximum Gasteiger partial charge on any atom is 0.136 e. The van der Waals surface area contributed by atoms with Crippen LogP contribution in [0.2, 0.25) is 0 Å². The highest BCUT2D eigenvalue weighted by Gasteiger charge is 2.21. The maximum atomic E-state index is 9.77. The summed E-state index contributed by atoms with van der Waals surface area (Å²) in [5, 5.41) is 23.8. The average Bonchev–Trinajstić information content (AvgIpc) is 3.33. The Morgan fingerprint density at radius 2 is 1.30 bits per heavy atom. The SMILES string of the molecule is N#Cc1cccc(C#N)c1-n1c2ccccc2c2c3c(ccc21)oc1ccccc13. The van der Waals surface area contributed by atoms with E-state index in [2.05, 4.69) is 24.3 Å². The monoisotopic (exact) mass is 383 g/mol. The fraction of sp³-hybridized carbons (Fsp3) is 0. The Morgan fingerprint density at radius 3 is 2.07 bits per heavy atom. The smallest absolute Gasteiger partial charge is 0.136 e. The molecule has 4 heteroatoms. The topological polar surface area (TPSA) is 65.7 Å². The van der Waals surface area contributed by atoms with Crippen LogP contribution in [-0.4, -0.2) is 4.57 Å². The quantitative estimate of drug-likeness (QED) is 0.329. The van der Waals surface area contributed by atoms with Crippen molar-refractivity contribution in [1.29, 1.82) is 10.5 Å². The van der Waals surface area contributed by atoms with E-state index >= 15 is 0 Å². The molecule has 0 radical (unpaired) electrons. The molecule has 0 saturated carbocycles. The normalized spacial score (nSPS) is 11.3. The first-order valence-electron chi connectivity index (χ1n) is 9.59. The van der Waals surface area contributed by atoms with Crippen molar-refractivity contribution in [3.8, 4) is 17.8 Å². The van der Waals surface area contributed by atoms with E-state index in [0.29, 0.717) is 16.8 Å². The van der Waals surface area contributed by atoms with Crippen molar-refractivity contribution in [2.45, 2.75) is 0 Å². The molecule has 0 amide bonds. The fourth-order valence-corrected chi connectivity index (χ4v) is 4.48. The van der Waals surface area contributed by atoms with Gasteiger partial charge in [-0.1, -0.05) is 42.5 Å². The van der Waals surface area contributed by atoms with Gasteiger partial charge in [-0.25, -0.2) is 0 Å². The Bertz CT molecular complexity index is 1690. The molecule has 0 bridgehead atoms. The van der Waals surface area contributed by atoms with E-state index in [0.717, 1.165) is 43.7 Å².